The number of aryl methyl sites for hydroxylation is 2. The molecule has 2 aliphatic rings. The summed E-state index contributed by atoms with van der Waals surface area (Å²) in [7, 11) is 0. The molecule has 1 saturated heterocycles. The van der Waals surface area contributed by atoms with Crippen LogP contribution in [0, 0.1) is 11.3 Å². The van der Waals surface area contributed by atoms with Crippen molar-refractivity contribution < 1.29 is 9.15 Å². The van der Waals surface area contributed by atoms with E-state index in [0.29, 0.717) is 31.3 Å². The Morgan fingerprint density at radius 3 is 2.86 bits per heavy atom. The van der Waals surface area contributed by atoms with E-state index in [9.17, 15) is 0 Å². The number of morpholine rings is 1. The zero-order valence-electron chi connectivity index (χ0n) is 16.2. The van der Waals surface area contributed by atoms with Gasteiger partial charge in [0.2, 0.25) is 5.89 Å². The zero-order valence-corrected chi connectivity index (χ0v) is 17.0. The van der Waals surface area contributed by atoms with Crippen molar-refractivity contribution in [3.8, 4) is 16.8 Å². The lowest BCUT2D eigenvalue weighted by Gasteiger charge is -2.29. The number of thiophene rings is 1. The van der Waals surface area contributed by atoms with Crippen LogP contribution in [0.15, 0.2) is 10.5 Å². The first-order valence-corrected chi connectivity index (χ1v) is 11.0. The summed E-state index contributed by atoms with van der Waals surface area (Å²) in [4.78, 5) is 7.19. The van der Waals surface area contributed by atoms with Crippen molar-refractivity contribution in [3.05, 3.63) is 22.4 Å². The minimum absolute atomic E-state index is 0.502. The molecule has 28 heavy (non-hydrogen) atoms. The minimum atomic E-state index is 0.502. The maximum absolute atomic E-state index is 8.98. The molecular formula is C20H27N5O2S. The molecule has 0 atom stereocenters. The lowest BCUT2D eigenvalue weighted by Crippen LogP contribution is -2.41. The van der Waals surface area contributed by atoms with Crippen LogP contribution in [0.5, 0.6) is 0 Å². The summed E-state index contributed by atoms with van der Waals surface area (Å²) >= 11 is 1.79. The van der Waals surface area contributed by atoms with E-state index in [-0.39, 0.29) is 0 Å². The first-order valence-electron chi connectivity index (χ1n) is 10.2. The van der Waals surface area contributed by atoms with Crippen LogP contribution in [0.1, 0.15) is 35.6 Å². The second-order valence-corrected chi connectivity index (χ2v) is 8.54. The van der Waals surface area contributed by atoms with Crippen molar-refractivity contribution in [2.75, 3.05) is 45.9 Å². The molecule has 0 bridgehead atoms. The Balaban J connectivity index is 1.37. The van der Waals surface area contributed by atoms with Crippen LogP contribution in [0.25, 0.3) is 10.8 Å². The lowest BCUT2D eigenvalue weighted by atomic mass is 9.99. The number of hydrogen-bond donors (Lipinski definition) is 0. The second-order valence-electron chi connectivity index (χ2n) is 7.41. The molecule has 0 aromatic carbocycles. The maximum Gasteiger partial charge on any atom is 0.257 e. The van der Waals surface area contributed by atoms with Crippen LogP contribution < -0.4 is 0 Å². The van der Waals surface area contributed by atoms with Crippen molar-refractivity contribution >= 4 is 11.3 Å². The van der Waals surface area contributed by atoms with E-state index in [0.717, 1.165) is 50.7 Å². The summed E-state index contributed by atoms with van der Waals surface area (Å²) < 4.78 is 11.4. The number of aromatic nitrogens is 2. The summed E-state index contributed by atoms with van der Waals surface area (Å²) in [5.74, 6) is 1.25. The number of nitriles is 1. The third kappa shape index (κ3) is 4.97. The Morgan fingerprint density at radius 1 is 1.18 bits per heavy atom. The van der Waals surface area contributed by atoms with Crippen molar-refractivity contribution in [1.29, 1.82) is 5.26 Å². The van der Waals surface area contributed by atoms with Gasteiger partial charge in [0.15, 0.2) is 0 Å². The van der Waals surface area contributed by atoms with Gasteiger partial charge in [0.25, 0.3) is 5.89 Å². The molecule has 4 rings (SSSR count). The molecule has 0 spiro atoms. The first kappa shape index (κ1) is 19.5. The van der Waals surface area contributed by atoms with Gasteiger partial charge in [-0.25, -0.2) is 0 Å². The van der Waals surface area contributed by atoms with Gasteiger partial charge in [0, 0.05) is 44.0 Å². The van der Waals surface area contributed by atoms with Crippen molar-refractivity contribution in [2.24, 2.45) is 0 Å². The molecule has 2 aromatic rings. The molecule has 0 unspecified atom stereocenters. The highest BCUT2D eigenvalue weighted by Crippen LogP contribution is 2.35. The number of rotatable bonds is 8. The molecule has 150 valence electrons. The molecule has 3 heterocycles. The Labute approximate surface area is 169 Å². The van der Waals surface area contributed by atoms with Gasteiger partial charge in [-0.05, 0) is 37.3 Å². The van der Waals surface area contributed by atoms with E-state index in [4.69, 9.17) is 14.4 Å². The molecule has 7 nitrogen and oxygen atoms in total. The summed E-state index contributed by atoms with van der Waals surface area (Å²) in [6, 6.07) is 4.47. The SMILES string of the molecule is N#CCCN(CCN1CCOCC1)Cc1nnc(-c2cc3c(s2)CCCC3)o1. The van der Waals surface area contributed by atoms with Gasteiger partial charge in [-0.15, -0.1) is 21.5 Å². The summed E-state index contributed by atoms with van der Waals surface area (Å²) in [5.41, 5.74) is 1.45. The van der Waals surface area contributed by atoms with Crippen LogP contribution in [0.3, 0.4) is 0 Å². The van der Waals surface area contributed by atoms with Gasteiger partial charge in [-0.2, -0.15) is 5.26 Å². The molecule has 2 aromatic heterocycles. The van der Waals surface area contributed by atoms with Crippen LogP contribution in [-0.2, 0) is 24.1 Å². The number of ether oxygens (including phenoxy) is 1. The molecule has 0 N–H and O–H groups in total. The zero-order chi connectivity index (χ0) is 19.2. The second kappa shape index (κ2) is 9.61. The highest BCUT2D eigenvalue weighted by molar-refractivity contribution is 7.15. The molecule has 1 fully saturated rings. The highest BCUT2D eigenvalue weighted by atomic mass is 32.1. The smallest absolute Gasteiger partial charge is 0.257 e. The molecule has 0 radical (unpaired) electrons. The minimum Gasteiger partial charge on any atom is -0.419 e. The fourth-order valence-corrected chi connectivity index (χ4v) is 4.96. The Bertz CT molecular complexity index is 782. The Morgan fingerprint density at radius 2 is 2.04 bits per heavy atom. The van der Waals surface area contributed by atoms with E-state index in [1.54, 1.807) is 11.3 Å². The average molecular weight is 402 g/mol. The fraction of sp³-hybridized carbons (Fsp3) is 0.650. The van der Waals surface area contributed by atoms with Gasteiger partial charge < -0.3 is 9.15 Å². The molecule has 1 aliphatic heterocycles. The molecule has 0 saturated carbocycles. The molecule has 8 heteroatoms. The maximum atomic E-state index is 8.98. The van der Waals surface area contributed by atoms with E-state index in [2.05, 4.69) is 32.1 Å². The first-order chi connectivity index (χ1) is 13.8. The molecule has 1 aliphatic carbocycles. The predicted octanol–water partition coefficient (Wildman–Crippen LogP) is 2.72. The van der Waals surface area contributed by atoms with Crippen molar-refractivity contribution in [1.82, 2.24) is 20.0 Å². The van der Waals surface area contributed by atoms with E-state index < -0.39 is 0 Å². The lowest BCUT2D eigenvalue weighted by molar-refractivity contribution is 0.0326. The monoisotopic (exact) mass is 401 g/mol. The van der Waals surface area contributed by atoms with Gasteiger partial charge in [0.05, 0.1) is 30.7 Å². The van der Waals surface area contributed by atoms with Crippen LogP contribution in [0.4, 0.5) is 0 Å². The number of fused-ring (bicyclic) bond motifs is 1. The van der Waals surface area contributed by atoms with Crippen LogP contribution >= 0.6 is 11.3 Å². The van der Waals surface area contributed by atoms with Gasteiger partial charge in [-0.1, -0.05) is 0 Å². The normalized spacial score (nSPS) is 17.6. The average Bonchev–Trinajstić information content (AvgIpc) is 3.37. The molecular weight excluding hydrogens is 374 g/mol. The standard InChI is InChI=1S/C20H27N5O2S/c21-6-3-7-25(9-8-24-10-12-26-13-11-24)15-19-22-23-20(27-19)18-14-16-4-1-2-5-17(16)28-18/h14H,1-5,7-13,15H2. The molecule has 0 amide bonds. The summed E-state index contributed by atoms with van der Waals surface area (Å²) in [6.45, 7) is 6.70. The quantitative estimate of drug-likeness (QED) is 0.673. The highest BCUT2D eigenvalue weighted by Gasteiger charge is 2.19. The number of hydrogen-bond acceptors (Lipinski definition) is 8. The third-order valence-electron chi connectivity index (χ3n) is 5.41. The van der Waals surface area contributed by atoms with Gasteiger partial charge >= 0.3 is 0 Å². The predicted molar refractivity (Wildman–Crippen MR) is 107 cm³/mol. The van der Waals surface area contributed by atoms with Crippen LogP contribution in [0.2, 0.25) is 0 Å². The van der Waals surface area contributed by atoms with E-state index in [1.165, 1.54) is 29.7 Å². The summed E-state index contributed by atoms with van der Waals surface area (Å²) in [5, 5.41) is 17.5. The van der Waals surface area contributed by atoms with Gasteiger partial charge in [-0.3, -0.25) is 9.80 Å². The van der Waals surface area contributed by atoms with Crippen molar-refractivity contribution in [3.63, 3.8) is 0 Å². The number of nitrogens with zero attached hydrogens (tertiary/aromatic N) is 5. The van der Waals surface area contributed by atoms with E-state index >= 15 is 0 Å². The van der Waals surface area contributed by atoms with E-state index in [1.807, 2.05) is 0 Å². The Kier molecular flexibility index (Phi) is 6.70. The Hall–Kier alpha value is -1.79. The fourth-order valence-electron chi connectivity index (χ4n) is 3.79. The van der Waals surface area contributed by atoms with Crippen LogP contribution in [-0.4, -0.2) is 65.9 Å². The van der Waals surface area contributed by atoms with Crippen molar-refractivity contribution in [2.45, 2.75) is 38.6 Å². The largest absolute Gasteiger partial charge is 0.419 e. The third-order valence-corrected chi connectivity index (χ3v) is 6.63. The van der Waals surface area contributed by atoms with Gasteiger partial charge in [0.1, 0.15) is 0 Å². The summed E-state index contributed by atoms with van der Waals surface area (Å²) in [6.07, 6.45) is 5.39. The topological polar surface area (TPSA) is 78.4 Å².